The number of aromatic nitrogens is 2. The summed E-state index contributed by atoms with van der Waals surface area (Å²) in [5.74, 6) is 1.98. The zero-order valence-electron chi connectivity index (χ0n) is 17.5. The van der Waals surface area contributed by atoms with Crippen LogP contribution in [0.25, 0.3) is 5.69 Å². The normalized spacial score (nSPS) is 17.9. The van der Waals surface area contributed by atoms with Crippen LogP contribution in [-0.2, 0) is 0 Å². The van der Waals surface area contributed by atoms with E-state index in [9.17, 15) is 0 Å². The van der Waals surface area contributed by atoms with Gasteiger partial charge in [0, 0.05) is 17.2 Å². The van der Waals surface area contributed by atoms with Crippen molar-refractivity contribution in [1.82, 2.24) is 14.7 Å². The highest BCUT2D eigenvalue weighted by atomic mass is 15.4. The van der Waals surface area contributed by atoms with Gasteiger partial charge in [-0.25, -0.2) is 9.67 Å². The van der Waals surface area contributed by atoms with Crippen LogP contribution in [0.1, 0.15) is 41.3 Å². The largest absolute Gasteiger partial charge is 0.342 e. The molecule has 31 heavy (non-hydrogen) atoms. The van der Waals surface area contributed by atoms with Gasteiger partial charge in [0.25, 0.3) is 0 Å². The maximum Gasteiger partial charge on any atom is 0.163 e. The number of aryl methyl sites for hydroxylation is 1. The molecule has 1 fully saturated rings. The van der Waals surface area contributed by atoms with Gasteiger partial charge in [-0.3, -0.25) is 0 Å². The van der Waals surface area contributed by atoms with E-state index >= 15 is 0 Å². The lowest BCUT2D eigenvalue weighted by atomic mass is 9.94. The van der Waals surface area contributed by atoms with Crippen LogP contribution >= 0.6 is 0 Å². The molecular weight excluding hydrogens is 380 g/mol. The molecule has 0 radical (unpaired) electrons. The lowest BCUT2D eigenvalue weighted by Crippen LogP contribution is -2.40. The number of benzene rings is 3. The van der Waals surface area contributed by atoms with Gasteiger partial charge < -0.3 is 4.90 Å². The topological polar surface area (TPSA) is 33.4 Å². The van der Waals surface area contributed by atoms with Crippen LogP contribution < -0.4 is 0 Å². The monoisotopic (exact) mass is 404 g/mol. The Kier molecular flexibility index (Phi) is 4.23. The molecule has 0 bridgehead atoms. The van der Waals surface area contributed by atoms with Gasteiger partial charge >= 0.3 is 0 Å². The summed E-state index contributed by atoms with van der Waals surface area (Å²) in [5.41, 5.74) is 5.72. The molecule has 0 N–H and O–H groups in total. The Morgan fingerprint density at radius 2 is 1.39 bits per heavy atom. The Bertz CT molecular complexity index is 1240. The summed E-state index contributed by atoms with van der Waals surface area (Å²) >= 11 is 0. The number of hydrogen-bond donors (Lipinski definition) is 0. The maximum atomic E-state index is 5.27. The van der Waals surface area contributed by atoms with Crippen molar-refractivity contribution in [3.8, 4) is 5.69 Å². The van der Waals surface area contributed by atoms with Crippen LogP contribution in [0.3, 0.4) is 0 Å². The SMILES string of the molecule is Cc1nn(-c2ccccc2)c2c1[C@@H](c1ccccc1)N(C1CC1)C(c1ccccc1)=N2. The van der Waals surface area contributed by atoms with E-state index in [1.54, 1.807) is 0 Å². The number of fused-ring (bicyclic) bond motifs is 1. The molecule has 1 aromatic heterocycles. The van der Waals surface area contributed by atoms with Crippen LogP contribution in [-0.4, -0.2) is 26.6 Å². The number of para-hydroxylation sites is 1. The number of nitrogens with zero attached hydrogens (tertiary/aromatic N) is 4. The second-order valence-corrected chi connectivity index (χ2v) is 8.32. The third-order valence-corrected chi connectivity index (χ3v) is 6.18. The first-order chi connectivity index (χ1) is 15.3. The van der Waals surface area contributed by atoms with Gasteiger partial charge in [0.15, 0.2) is 5.82 Å². The van der Waals surface area contributed by atoms with E-state index in [1.165, 1.54) is 24.0 Å². The van der Waals surface area contributed by atoms with E-state index in [-0.39, 0.29) is 6.04 Å². The minimum absolute atomic E-state index is 0.105. The summed E-state index contributed by atoms with van der Waals surface area (Å²) in [6.07, 6.45) is 2.41. The molecule has 2 heterocycles. The molecular formula is C27H24N4. The smallest absolute Gasteiger partial charge is 0.163 e. The van der Waals surface area contributed by atoms with Crippen molar-refractivity contribution in [2.24, 2.45) is 4.99 Å². The van der Waals surface area contributed by atoms with Crippen molar-refractivity contribution < 1.29 is 0 Å². The van der Waals surface area contributed by atoms with Crippen molar-refractivity contribution in [3.63, 3.8) is 0 Å². The highest BCUT2D eigenvalue weighted by Crippen LogP contribution is 2.47. The molecule has 0 saturated heterocycles. The molecule has 0 spiro atoms. The van der Waals surface area contributed by atoms with Gasteiger partial charge in [-0.15, -0.1) is 0 Å². The third-order valence-electron chi connectivity index (χ3n) is 6.18. The van der Waals surface area contributed by atoms with Gasteiger partial charge in [-0.2, -0.15) is 5.10 Å². The number of hydrogen-bond acceptors (Lipinski definition) is 3. The van der Waals surface area contributed by atoms with Crippen LogP contribution in [0, 0.1) is 6.92 Å². The van der Waals surface area contributed by atoms with Gasteiger partial charge in [-0.05, 0) is 37.5 Å². The van der Waals surface area contributed by atoms with E-state index in [1.807, 2.05) is 10.7 Å². The summed E-state index contributed by atoms with van der Waals surface area (Å²) in [7, 11) is 0. The van der Waals surface area contributed by atoms with Crippen molar-refractivity contribution in [2.45, 2.75) is 31.8 Å². The summed E-state index contributed by atoms with van der Waals surface area (Å²) < 4.78 is 2.01. The Morgan fingerprint density at radius 1 is 0.774 bits per heavy atom. The van der Waals surface area contributed by atoms with Crippen molar-refractivity contribution in [2.75, 3.05) is 0 Å². The Labute approximate surface area is 182 Å². The Morgan fingerprint density at radius 3 is 2.03 bits per heavy atom. The zero-order chi connectivity index (χ0) is 20.8. The Hall–Kier alpha value is -3.66. The summed E-state index contributed by atoms with van der Waals surface area (Å²) in [4.78, 5) is 7.81. The average Bonchev–Trinajstić information content (AvgIpc) is 3.63. The molecule has 1 aliphatic carbocycles. The average molecular weight is 405 g/mol. The maximum absolute atomic E-state index is 5.27. The minimum atomic E-state index is 0.105. The molecule has 1 aliphatic heterocycles. The number of amidine groups is 1. The van der Waals surface area contributed by atoms with Crippen LogP contribution in [0.15, 0.2) is 96.0 Å². The lowest BCUT2D eigenvalue weighted by Gasteiger charge is -2.38. The Balaban J connectivity index is 1.64. The fourth-order valence-corrected chi connectivity index (χ4v) is 4.62. The predicted octanol–water partition coefficient (Wildman–Crippen LogP) is 5.83. The van der Waals surface area contributed by atoms with Crippen LogP contribution in [0.2, 0.25) is 0 Å². The first-order valence-corrected chi connectivity index (χ1v) is 10.9. The van der Waals surface area contributed by atoms with Gasteiger partial charge in [0.1, 0.15) is 5.84 Å². The van der Waals surface area contributed by atoms with E-state index < -0.39 is 0 Å². The van der Waals surface area contributed by atoms with E-state index in [4.69, 9.17) is 10.1 Å². The molecule has 152 valence electrons. The molecule has 1 atom stereocenters. The molecule has 6 rings (SSSR count). The van der Waals surface area contributed by atoms with Crippen molar-refractivity contribution in [1.29, 1.82) is 0 Å². The molecule has 4 heteroatoms. The van der Waals surface area contributed by atoms with Crippen LogP contribution in [0.4, 0.5) is 5.82 Å². The zero-order valence-corrected chi connectivity index (χ0v) is 17.5. The molecule has 3 aromatic carbocycles. The van der Waals surface area contributed by atoms with Crippen LogP contribution in [0.5, 0.6) is 0 Å². The molecule has 4 aromatic rings. The molecule has 2 aliphatic rings. The number of aliphatic imine (C=N–C) groups is 1. The molecule has 1 saturated carbocycles. The standard InChI is InChI=1S/C27H24N4/c1-19-24-25(20-11-5-2-6-12-20)30(22-17-18-22)26(21-13-7-3-8-14-21)28-27(24)31(29-19)23-15-9-4-10-16-23/h2-16,22,25H,17-18H2,1H3/t25-/m1/s1. The predicted molar refractivity (Wildman–Crippen MR) is 124 cm³/mol. The second-order valence-electron chi connectivity index (χ2n) is 8.32. The summed E-state index contributed by atoms with van der Waals surface area (Å²) in [6, 6.07) is 32.3. The lowest BCUT2D eigenvalue weighted by molar-refractivity contribution is 0.341. The highest BCUT2D eigenvalue weighted by molar-refractivity contribution is 6.02. The van der Waals surface area contributed by atoms with E-state index in [2.05, 4.69) is 96.8 Å². The van der Waals surface area contributed by atoms with E-state index in [0.717, 1.165) is 28.6 Å². The first-order valence-electron chi connectivity index (χ1n) is 10.9. The fourth-order valence-electron chi connectivity index (χ4n) is 4.62. The second kappa shape index (κ2) is 7.24. The van der Waals surface area contributed by atoms with Crippen molar-refractivity contribution in [3.05, 3.63) is 113 Å². The summed E-state index contributed by atoms with van der Waals surface area (Å²) in [5, 5.41) is 4.96. The first kappa shape index (κ1) is 18.1. The minimum Gasteiger partial charge on any atom is -0.342 e. The van der Waals surface area contributed by atoms with Crippen molar-refractivity contribution >= 4 is 11.7 Å². The fraction of sp³-hybridized carbons (Fsp3) is 0.185. The third kappa shape index (κ3) is 3.07. The molecule has 0 amide bonds. The quantitative estimate of drug-likeness (QED) is 0.429. The van der Waals surface area contributed by atoms with Gasteiger partial charge in [0.05, 0.1) is 17.4 Å². The number of rotatable bonds is 4. The molecule has 0 unspecified atom stereocenters. The molecule has 4 nitrogen and oxygen atoms in total. The highest BCUT2D eigenvalue weighted by Gasteiger charge is 2.43. The van der Waals surface area contributed by atoms with E-state index in [0.29, 0.717) is 6.04 Å². The van der Waals surface area contributed by atoms with Gasteiger partial charge in [-0.1, -0.05) is 78.9 Å². The van der Waals surface area contributed by atoms with Gasteiger partial charge in [0.2, 0.25) is 0 Å². The summed E-state index contributed by atoms with van der Waals surface area (Å²) in [6.45, 7) is 2.11.